The number of hydrogen-bond acceptors (Lipinski definition) is 9. The highest BCUT2D eigenvalue weighted by Gasteiger charge is 2.30. The normalized spacial score (nSPS) is 12.5. The molecule has 3 rings (SSSR count). The van der Waals surface area contributed by atoms with Gasteiger partial charge >= 0.3 is 5.97 Å². The number of nitrogens with one attached hydrogen (secondary N) is 2. The second kappa shape index (κ2) is 14.9. The summed E-state index contributed by atoms with van der Waals surface area (Å²) in [6, 6.07) is 12.3. The van der Waals surface area contributed by atoms with Crippen LogP contribution in [-0.2, 0) is 32.1 Å². The lowest BCUT2D eigenvalue weighted by molar-refractivity contribution is -0.141. The van der Waals surface area contributed by atoms with Crippen LogP contribution in [0.4, 0.5) is 0 Å². The molecule has 12 heteroatoms. The maximum absolute atomic E-state index is 13.3. The van der Waals surface area contributed by atoms with E-state index in [1.165, 1.54) is 7.11 Å². The molecule has 42 heavy (non-hydrogen) atoms. The van der Waals surface area contributed by atoms with Crippen molar-refractivity contribution in [1.82, 2.24) is 25.7 Å². The molecule has 0 radical (unpaired) electrons. The molecule has 224 valence electrons. The van der Waals surface area contributed by atoms with Gasteiger partial charge in [-0.3, -0.25) is 24.1 Å². The maximum atomic E-state index is 13.3. The quantitative estimate of drug-likeness (QED) is 0.244. The van der Waals surface area contributed by atoms with Crippen molar-refractivity contribution in [1.29, 1.82) is 0 Å². The fourth-order valence-corrected chi connectivity index (χ4v) is 4.41. The molecule has 0 aliphatic carbocycles. The molecule has 0 aliphatic heterocycles. The first-order valence-electron chi connectivity index (χ1n) is 13.5. The van der Waals surface area contributed by atoms with E-state index in [9.17, 15) is 24.3 Å². The molecule has 0 bridgehead atoms. The molecule has 2 atom stereocenters. The molecule has 0 saturated carbocycles. The van der Waals surface area contributed by atoms with Crippen LogP contribution in [-0.4, -0.2) is 76.5 Å². The Labute approximate surface area is 244 Å². The van der Waals surface area contributed by atoms with Crippen LogP contribution in [0.3, 0.4) is 0 Å². The number of hydrogen-bond donors (Lipinski definition) is 3. The summed E-state index contributed by atoms with van der Waals surface area (Å²) >= 11 is 0. The number of aliphatic carboxylic acids is 1. The topological polar surface area (TPSA) is 164 Å². The lowest BCUT2D eigenvalue weighted by atomic mass is 10.0. The zero-order valence-electron chi connectivity index (χ0n) is 24.4. The Morgan fingerprint density at radius 2 is 1.79 bits per heavy atom. The van der Waals surface area contributed by atoms with Crippen molar-refractivity contribution in [3.05, 3.63) is 65.5 Å². The molecule has 0 spiro atoms. The number of aryl methyl sites for hydroxylation is 1. The largest absolute Gasteiger partial charge is 0.496 e. The van der Waals surface area contributed by atoms with Crippen LogP contribution in [0.1, 0.15) is 37.2 Å². The molecule has 12 nitrogen and oxygen atoms in total. The minimum absolute atomic E-state index is 0.0679. The van der Waals surface area contributed by atoms with Gasteiger partial charge in [-0.25, -0.2) is 0 Å². The van der Waals surface area contributed by atoms with Crippen molar-refractivity contribution >= 4 is 23.6 Å². The average molecular weight is 580 g/mol. The Kier molecular flexibility index (Phi) is 11.3. The van der Waals surface area contributed by atoms with Gasteiger partial charge in [-0.1, -0.05) is 49.3 Å². The van der Waals surface area contributed by atoms with E-state index in [2.05, 4.69) is 20.8 Å². The molecule has 0 aliphatic rings. The number of ketones is 1. The second-order valence-electron chi connectivity index (χ2n) is 10.4. The van der Waals surface area contributed by atoms with Crippen LogP contribution in [0.2, 0.25) is 0 Å². The lowest BCUT2D eigenvalue weighted by Gasteiger charge is -2.26. The summed E-state index contributed by atoms with van der Waals surface area (Å²) in [5.74, 6) is -1.93. The summed E-state index contributed by atoms with van der Waals surface area (Å²) in [6.07, 6.45) is -0.704. The first-order chi connectivity index (χ1) is 20.0. The SMILES string of the molecule is COc1ccc(-c2nc(C)no2)cc1CC(=O)N[C@H](C(=O)N[C@@H](CC(=O)O)C(=O)CN(C)Cc1ccccc1)C(C)C. The van der Waals surface area contributed by atoms with Gasteiger partial charge in [0, 0.05) is 17.7 Å². The van der Waals surface area contributed by atoms with Crippen molar-refractivity contribution in [2.45, 2.75) is 52.2 Å². The Balaban J connectivity index is 1.69. The Hall–Kier alpha value is -4.58. The molecule has 1 heterocycles. The summed E-state index contributed by atoms with van der Waals surface area (Å²) in [7, 11) is 3.22. The van der Waals surface area contributed by atoms with Crippen molar-refractivity contribution in [2.24, 2.45) is 5.92 Å². The Bertz CT molecular complexity index is 1390. The monoisotopic (exact) mass is 579 g/mol. The van der Waals surface area contributed by atoms with E-state index in [1.807, 2.05) is 30.3 Å². The number of nitrogens with zero attached hydrogens (tertiary/aromatic N) is 3. The lowest BCUT2D eigenvalue weighted by Crippen LogP contribution is -2.55. The fourth-order valence-electron chi connectivity index (χ4n) is 4.41. The van der Waals surface area contributed by atoms with E-state index in [1.54, 1.807) is 50.9 Å². The van der Waals surface area contributed by atoms with Gasteiger partial charge in [-0.2, -0.15) is 4.98 Å². The first-order valence-corrected chi connectivity index (χ1v) is 13.5. The van der Waals surface area contributed by atoms with Crippen LogP contribution < -0.4 is 15.4 Å². The van der Waals surface area contributed by atoms with Gasteiger partial charge in [-0.15, -0.1) is 0 Å². The fraction of sp³-hybridized carbons (Fsp3) is 0.400. The molecule has 3 N–H and O–H groups in total. The van der Waals surface area contributed by atoms with Crippen LogP contribution in [0.15, 0.2) is 53.1 Å². The number of likely N-dealkylation sites (N-methyl/N-ethyl adjacent to an activating group) is 1. The highest BCUT2D eigenvalue weighted by Crippen LogP contribution is 2.26. The van der Waals surface area contributed by atoms with E-state index in [0.29, 0.717) is 35.1 Å². The van der Waals surface area contributed by atoms with Crippen molar-refractivity contribution in [3.63, 3.8) is 0 Å². The number of carbonyl (C=O) groups is 4. The van der Waals surface area contributed by atoms with E-state index in [0.717, 1.165) is 5.56 Å². The molecule has 2 amide bonds. The van der Waals surface area contributed by atoms with E-state index < -0.39 is 42.1 Å². The highest BCUT2D eigenvalue weighted by atomic mass is 16.5. The summed E-state index contributed by atoms with van der Waals surface area (Å²) < 4.78 is 10.6. The summed E-state index contributed by atoms with van der Waals surface area (Å²) in [4.78, 5) is 56.9. The zero-order valence-corrected chi connectivity index (χ0v) is 24.4. The second-order valence-corrected chi connectivity index (χ2v) is 10.4. The number of carboxylic acid groups (broad SMARTS) is 1. The summed E-state index contributed by atoms with van der Waals surface area (Å²) in [5.41, 5.74) is 2.12. The number of amides is 2. The first kappa shape index (κ1) is 31.9. The van der Waals surface area contributed by atoms with E-state index in [4.69, 9.17) is 9.26 Å². The molecule has 0 unspecified atom stereocenters. The Morgan fingerprint density at radius 3 is 2.38 bits per heavy atom. The number of benzene rings is 2. The third-order valence-corrected chi connectivity index (χ3v) is 6.48. The number of ether oxygens (including phenoxy) is 1. The third kappa shape index (κ3) is 9.23. The molecular weight excluding hydrogens is 542 g/mol. The van der Waals surface area contributed by atoms with Crippen LogP contribution in [0, 0.1) is 12.8 Å². The van der Waals surface area contributed by atoms with Crippen LogP contribution >= 0.6 is 0 Å². The minimum Gasteiger partial charge on any atom is -0.496 e. The van der Waals surface area contributed by atoms with Crippen LogP contribution in [0.25, 0.3) is 11.5 Å². The van der Waals surface area contributed by atoms with Gasteiger partial charge in [-0.05, 0) is 43.7 Å². The number of carboxylic acids is 1. The van der Waals surface area contributed by atoms with Gasteiger partial charge < -0.3 is 25.0 Å². The van der Waals surface area contributed by atoms with Gasteiger partial charge in [0.05, 0.1) is 32.5 Å². The van der Waals surface area contributed by atoms with E-state index in [-0.39, 0.29) is 18.9 Å². The molecule has 0 saturated heterocycles. The van der Waals surface area contributed by atoms with Gasteiger partial charge in [0.2, 0.25) is 11.8 Å². The molecule has 2 aromatic carbocycles. The maximum Gasteiger partial charge on any atom is 0.305 e. The zero-order chi connectivity index (χ0) is 30.8. The average Bonchev–Trinajstić information content (AvgIpc) is 3.37. The predicted octanol–water partition coefficient (Wildman–Crippen LogP) is 2.40. The standard InChI is InChI=1S/C30H37N5O7/c1-18(2)28(33-26(37)14-22-13-21(11-12-25(22)41-5)30-31-19(3)34-42-30)29(40)32-23(15-27(38)39)24(36)17-35(4)16-20-9-7-6-8-10-20/h6-13,18,23,28H,14-17H2,1-5H3,(H,32,40)(H,33,37)(H,38,39)/t23-,28-/m0/s1. The predicted molar refractivity (Wildman–Crippen MR) is 153 cm³/mol. The third-order valence-electron chi connectivity index (χ3n) is 6.48. The van der Waals surface area contributed by atoms with Crippen molar-refractivity contribution in [2.75, 3.05) is 20.7 Å². The van der Waals surface area contributed by atoms with Crippen LogP contribution in [0.5, 0.6) is 5.75 Å². The smallest absolute Gasteiger partial charge is 0.305 e. The number of methoxy groups -OCH3 is 1. The molecular formula is C30H37N5O7. The number of rotatable bonds is 15. The number of aromatic nitrogens is 2. The summed E-state index contributed by atoms with van der Waals surface area (Å²) in [6.45, 7) is 5.58. The summed E-state index contributed by atoms with van der Waals surface area (Å²) in [5, 5.41) is 18.5. The van der Waals surface area contributed by atoms with Crippen molar-refractivity contribution < 1.29 is 33.5 Å². The van der Waals surface area contributed by atoms with Gasteiger partial charge in [0.1, 0.15) is 11.8 Å². The molecule has 3 aromatic rings. The highest BCUT2D eigenvalue weighted by molar-refractivity contribution is 5.95. The van der Waals surface area contributed by atoms with Crippen molar-refractivity contribution in [3.8, 4) is 17.2 Å². The van der Waals surface area contributed by atoms with Gasteiger partial charge in [0.25, 0.3) is 5.89 Å². The number of carbonyl (C=O) groups excluding carboxylic acids is 3. The number of Topliss-reactive ketones (excluding diaryl/α,β-unsaturated/α-hetero) is 1. The minimum atomic E-state index is -1.26. The molecule has 0 fully saturated rings. The molecule has 1 aromatic heterocycles. The van der Waals surface area contributed by atoms with E-state index >= 15 is 0 Å². The van der Waals surface area contributed by atoms with Gasteiger partial charge in [0.15, 0.2) is 11.6 Å². The Morgan fingerprint density at radius 1 is 1.07 bits per heavy atom.